The number of nitrogens with zero attached hydrogens (tertiary/aromatic N) is 1. The predicted octanol–water partition coefficient (Wildman–Crippen LogP) is 5.95. The second-order valence-corrected chi connectivity index (χ2v) is 9.76. The molecule has 0 radical (unpaired) electrons. The van der Waals surface area contributed by atoms with Crippen molar-refractivity contribution in [3.63, 3.8) is 0 Å². The molecular weight excluding hydrogens is 410 g/mol. The van der Waals surface area contributed by atoms with Crippen molar-refractivity contribution in [1.82, 2.24) is 4.90 Å². The van der Waals surface area contributed by atoms with Crippen LogP contribution in [-0.4, -0.2) is 41.8 Å². The lowest BCUT2D eigenvalue weighted by molar-refractivity contribution is 0.0528. The summed E-state index contributed by atoms with van der Waals surface area (Å²) in [6.45, 7) is 8.37. The zero-order valence-corrected chi connectivity index (χ0v) is 19.5. The van der Waals surface area contributed by atoms with Crippen molar-refractivity contribution in [2.24, 2.45) is 0 Å². The third-order valence-electron chi connectivity index (χ3n) is 7.06. The van der Waals surface area contributed by atoms with Gasteiger partial charge in [-0.05, 0) is 69.1 Å². The lowest BCUT2D eigenvalue weighted by atomic mass is 9.68. The smallest absolute Gasteiger partial charge is 0.127 e. The molecule has 1 saturated heterocycles. The van der Waals surface area contributed by atoms with E-state index in [-0.39, 0.29) is 17.6 Å². The van der Waals surface area contributed by atoms with Crippen LogP contribution in [0.5, 0.6) is 17.2 Å². The fourth-order valence-electron chi connectivity index (χ4n) is 5.49. The van der Waals surface area contributed by atoms with Gasteiger partial charge >= 0.3 is 0 Å². The Morgan fingerprint density at radius 2 is 1.67 bits per heavy atom. The van der Waals surface area contributed by atoms with Crippen LogP contribution in [0.25, 0.3) is 0 Å². The van der Waals surface area contributed by atoms with Crippen LogP contribution < -0.4 is 9.47 Å². The summed E-state index contributed by atoms with van der Waals surface area (Å²) < 4.78 is 12.5. The van der Waals surface area contributed by atoms with Gasteiger partial charge in [-0.1, -0.05) is 48.5 Å². The number of phenols is 1. The Morgan fingerprint density at radius 3 is 2.39 bits per heavy atom. The van der Waals surface area contributed by atoms with Crippen LogP contribution in [0.3, 0.4) is 0 Å². The van der Waals surface area contributed by atoms with Gasteiger partial charge in [-0.25, -0.2) is 0 Å². The summed E-state index contributed by atoms with van der Waals surface area (Å²) in [5.74, 6) is 2.11. The fourth-order valence-corrected chi connectivity index (χ4v) is 5.49. The summed E-state index contributed by atoms with van der Waals surface area (Å²) in [6.07, 6.45) is 2.61. The Labute approximate surface area is 196 Å². The van der Waals surface area contributed by atoms with Gasteiger partial charge in [0.2, 0.25) is 0 Å². The SMILES string of the molecule is CC1(C)Oc2cc(O)ccc2[C@H](c2ccc(OCCN3CCCC3)cc2)[C@H]1c1ccccc1. The summed E-state index contributed by atoms with van der Waals surface area (Å²) in [5.41, 5.74) is 3.12. The molecule has 1 N–H and O–H groups in total. The van der Waals surface area contributed by atoms with E-state index in [0.29, 0.717) is 0 Å². The van der Waals surface area contributed by atoms with Crippen molar-refractivity contribution < 1.29 is 14.6 Å². The number of aromatic hydroxyl groups is 1. The molecule has 5 rings (SSSR count). The predicted molar refractivity (Wildman–Crippen MR) is 131 cm³/mol. The normalized spacial score (nSPS) is 21.9. The Kier molecular flexibility index (Phi) is 6.03. The molecular formula is C29H33NO3. The Morgan fingerprint density at radius 1 is 0.939 bits per heavy atom. The van der Waals surface area contributed by atoms with Gasteiger partial charge in [0.15, 0.2) is 0 Å². The number of phenolic OH excluding ortho intramolecular Hbond substituents is 1. The minimum absolute atomic E-state index is 0.102. The van der Waals surface area contributed by atoms with Gasteiger partial charge in [0.1, 0.15) is 29.5 Å². The number of fused-ring (bicyclic) bond motifs is 1. The number of benzene rings is 3. The van der Waals surface area contributed by atoms with Crippen LogP contribution in [0.4, 0.5) is 0 Å². The monoisotopic (exact) mass is 443 g/mol. The standard InChI is InChI=1S/C29H33NO3/c1-29(2)28(22-8-4-3-5-9-22)27(25-15-12-23(31)20-26(25)33-29)21-10-13-24(14-11-21)32-19-18-30-16-6-7-17-30/h3-5,8-15,20,27-28,31H,6-7,16-19H2,1-2H3/t27-,28+/m0/s1. The van der Waals surface area contributed by atoms with Crippen LogP contribution in [0.1, 0.15) is 55.2 Å². The topological polar surface area (TPSA) is 41.9 Å². The van der Waals surface area contributed by atoms with Crippen LogP contribution in [0, 0.1) is 0 Å². The molecule has 0 aliphatic carbocycles. The maximum Gasteiger partial charge on any atom is 0.127 e. The molecule has 2 atom stereocenters. The molecule has 2 aliphatic rings. The highest BCUT2D eigenvalue weighted by atomic mass is 16.5. The van der Waals surface area contributed by atoms with E-state index >= 15 is 0 Å². The first-order valence-electron chi connectivity index (χ1n) is 12.0. The quantitative estimate of drug-likeness (QED) is 0.511. The third kappa shape index (κ3) is 4.58. The van der Waals surface area contributed by atoms with Gasteiger partial charge in [-0.2, -0.15) is 0 Å². The fraction of sp³-hybridized carbons (Fsp3) is 0.379. The van der Waals surface area contributed by atoms with E-state index in [2.05, 4.69) is 73.3 Å². The highest BCUT2D eigenvalue weighted by Gasteiger charge is 2.45. The maximum atomic E-state index is 10.1. The van der Waals surface area contributed by atoms with Gasteiger partial charge in [0.05, 0.1) is 0 Å². The van der Waals surface area contributed by atoms with Crippen LogP contribution >= 0.6 is 0 Å². The minimum atomic E-state index is -0.447. The molecule has 33 heavy (non-hydrogen) atoms. The Bertz CT molecular complexity index is 1070. The third-order valence-corrected chi connectivity index (χ3v) is 7.06. The van der Waals surface area contributed by atoms with Crippen LogP contribution in [0.2, 0.25) is 0 Å². The van der Waals surface area contributed by atoms with Crippen molar-refractivity contribution in [2.45, 2.75) is 44.1 Å². The van der Waals surface area contributed by atoms with Crippen molar-refractivity contribution in [1.29, 1.82) is 0 Å². The lowest BCUT2D eigenvalue weighted by Crippen LogP contribution is -2.43. The van der Waals surface area contributed by atoms with E-state index in [1.54, 1.807) is 12.1 Å². The maximum absolute atomic E-state index is 10.1. The van der Waals surface area contributed by atoms with E-state index in [0.717, 1.165) is 30.2 Å². The van der Waals surface area contributed by atoms with E-state index in [1.807, 2.05) is 6.07 Å². The number of likely N-dealkylation sites (tertiary alicyclic amines) is 1. The first-order chi connectivity index (χ1) is 16.0. The first-order valence-corrected chi connectivity index (χ1v) is 12.0. The summed E-state index contributed by atoms with van der Waals surface area (Å²) in [5, 5.41) is 10.1. The van der Waals surface area contributed by atoms with Gasteiger partial charge in [-0.3, -0.25) is 4.90 Å². The average Bonchev–Trinajstić information content (AvgIpc) is 3.32. The van der Waals surface area contributed by atoms with Gasteiger partial charge in [0, 0.05) is 30.0 Å². The molecule has 172 valence electrons. The molecule has 0 saturated carbocycles. The zero-order valence-electron chi connectivity index (χ0n) is 19.5. The van der Waals surface area contributed by atoms with E-state index in [1.165, 1.54) is 37.1 Å². The molecule has 0 aromatic heterocycles. The van der Waals surface area contributed by atoms with Crippen LogP contribution in [0.15, 0.2) is 72.8 Å². The van der Waals surface area contributed by atoms with Crippen molar-refractivity contribution >= 4 is 0 Å². The van der Waals surface area contributed by atoms with Crippen molar-refractivity contribution in [3.05, 3.63) is 89.5 Å². The summed E-state index contributed by atoms with van der Waals surface area (Å²) in [6, 6.07) is 24.6. The average molecular weight is 444 g/mol. The molecule has 3 aromatic rings. The first kappa shape index (κ1) is 21.8. The van der Waals surface area contributed by atoms with E-state index in [4.69, 9.17) is 9.47 Å². The summed E-state index contributed by atoms with van der Waals surface area (Å²) >= 11 is 0. The second kappa shape index (κ2) is 9.11. The molecule has 3 aromatic carbocycles. The highest BCUT2D eigenvalue weighted by Crippen LogP contribution is 2.53. The Hall–Kier alpha value is -2.98. The molecule has 4 heteroatoms. The number of ether oxygens (including phenoxy) is 2. The van der Waals surface area contributed by atoms with Gasteiger partial charge < -0.3 is 14.6 Å². The van der Waals surface area contributed by atoms with Crippen molar-refractivity contribution in [2.75, 3.05) is 26.2 Å². The molecule has 2 heterocycles. The number of hydrogen-bond acceptors (Lipinski definition) is 4. The van der Waals surface area contributed by atoms with E-state index < -0.39 is 5.60 Å². The highest BCUT2D eigenvalue weighted by molar-refractivity contribution is 5.52. The summed E-state index contributed by atoms with van der Waals surface area (Å²) in [7, 11) is 0. The van der Waals surface area contributed by atoms with E-state index in [9.17, 15) is 5.11 Å². The van der Waals surface area contributed by atoms with Gasteiger partial charge in [-0.15, -0.1) is 0 Å². The lowest BCUT2D eigenvalue weighted by Gasteiger charge is -2.45. The number of hydrogen-bond donors (Lipinski definition) is 1. The molecule has 4 nitrogen and oxygen atoms in total. The van der Waals surface area contributed by atoms with Crippen molar-refractivity contribution in [3.8, 4) is 17.2 Å². The number of rotatable bonds is 6. The molecule has 0 bridgehead atoms. The zero-order chi connectivity index (χ0) is 22.8. The van der Waals surface area contributed by atoms with Crippen LogP contribution in [-0.2, 0) is 0 Å². The summed E-state index contributed by atoms with van der Waals surface area (Å²) in [4.78, 5) is 2.47. The molecule has 0 spiro atoms. The minimum Gasteiger partial charge on any atom is -0.508 e. The molecule has 2 aliphatic heterocycles. The molecule has 1 fully saturated rings. The molecule has 0 amide bonds. The largest absolute Gasteiger partial charge is 0.508 e. The Balaban J connectivity index is 1.45. The molecule has 0 unspecified atom stereocenters. The second-order valence-electron chi connectivity index (χ2n) is 9.76. The van der Waals surface area contributed by atoms with Gasteiger partial charge in [0.25, 0.3) is 0 Å².